The van der Waals surface area contributed by atoms with Crippen LogP contribution in [0.15, 0.2) is 24.3 Å². The average molecular weight is 276 g/mol. The number of nitrogens with zero attached hydrogens (tertiary/aromatic N) is 1. The predicted molar refractivity (Wildman–Crippen MR) is 89.9 cm³/mol. The van der Waals surface area contributed by atoms with E-state index in [0.717, 1.165) is 30.5 Å². The van der Waals surface area contributed by atoms with Crippen LogP contribution in [0.25, 0.3) is 0 Å². The van der Waals surface area contributed by atoms with Crippen LogP contribution in [0, 0.1) is 11.8 Å². The maximum absolute atomic E-state index is 5.85. The average Bonchev–Trinajstić information content (AvgIpc) is 2.37. The van der Waals surface area contributed by atoms with Crippen molar-refractivity contribution in [3.8, 4) is 0 Å². The van der Waals surface area contributed by atoms with Gasteiger partial charge in [0.2, 0.25) is 0 Å². The number of nitrogen functional groups attached to an aromatic ring is 1. The van der Waals surface area contributed by atoms with Crippen molar-refractivity contribution >= 4 is 5.69 Å². The molecule has 0 aliphatic heterocycles. The largest absolute Gasteiger partial charge is 0.399 e. The lowest BCUT2D eigenvalue weighted by molar-refractivity contribution is 0.246. The van der Waals surface area contributed by atoms with Crippen molar-refractivity contribution in [2.45, 2.75) is 47.0 Å². The van der Waals surface area contributed by atoms with Crippen LogP contribution in [0.4, 0.5) is 5.69 Å². The molecule has 1 rings (SSSR count). The number of hydrogen-bond acceptors (Lipinski definition) is 2. The van der Waals surface area contributed by atoms with Crippen LogP contribution in [0.3, 0.4) is 0 Å². The first kappa shape index (κ1) is 17.0. The Hall–Kier alpha value is -1.02. The molecule has 0 spiro atoms. The molecule has 20 heavy (non-hydrogen) atoms. The Morgan fingerprint density at radius 1 is 0.950 bits per heavy atom. The predicted octanol–water partition coefficient (Wildman–Crippen LogP) is 4.21. The quantitative estimate of drug-likeness (QED) is 0.685. The maximum atomic E-state index is 5.85. The van der Waals surface area contributed by atoms with E-state index < -0.39 is 0 Å². The van der Waals surface area contributed by atoms with Gasteiger partial charge in [-0.3, -0.25) is 0 Å². The van der Waals surface area contributed by atoms with Gasteiger partial charge in [-0.05, 0) is 61.9 Å². The third kappa shape index (κ3) is 7.54. The minimum absolute atomic E-state index is 0.781. The van der Waals surface area contributed by atoms with E-state index in [1.54, 1.807) is 0 Å². The molecule has 2 nitrogen and oxygen atoms in total. The van der Waals surface area contributed by atoms with Crippen molar-refractivity contribution in [2.75, 3.05) is 25.4 Å². The van der Waals surface area contributed by atoms with Gasteiger partial charge in [0.05, 0.1) is 0 Å². The molecule has 0 saturated carbocycles. The molecule has 0 aliphatic carbocycles. The molecule has 114 valence electrons. The summed E-state index contributed by atoms with van der Waals surface area (Å²) in [5.74, 6) is 1.56. The smallest absolute Gasteiger partial charge is 0.0316 e. The van der Waals surface area contributed by atoms with Gasteiger partial charge < -0.3 is 10.6 Å². The summed E-state index contributed by atoms with van der Waals surface area (Å²) in [6, 6.07) is 8.29. The second-order valence-electron chi connectivity index (χ2n) is 6.70. The van der Waals surface area contributed by atoms with Gasteiger partial charge in [-0.15, -0.1) is 0 Å². The highest BCUT2D eigenvalue weighted by Gasteiger charge is 2.08. The number of benzene rings is 1. The standard InChI is InChI=1S/C18H32N2/c1-15(2)8-11-20(12-9-16(3)4)13-10-17-6-5-7-18(19)14-17/h5-7,14-16H,8-13,19H2,1-4H3. The second-order valence-corrected chi connectivity index (χ2v) is 6.70. The molecule has 0 bridgehead atoms. The molecule has 1 aromatic carbocycles. The van der Waals surface area contributed by atoms with Gasteiger partial charge in [0.1, 0.15) is 0 Å². The van der Waals surface area contributed by atoms with E-state index in [0.29, 0.717) is 0 Å². The van der Waals surface area contributed by atoms with E-state index in [1.807, 2.05) is 6.07 Å². The van der Waals surface area contributed by atoms with E-state index in [9.17, 15) is 0 Å². The molecule has 1 aromatic rings. The number of hydrogen-bond donors (Lipinski definition) is 1. The lowest BCUT2D eigenvalue weighted by Crippen LogP contribution is -2.30. The molecule has 2 N–H and O–H groups in total. The highest BCUT2D eigenvalue weighted by Crippen LogP contribution is 2.10. The summed E-state index contributed by atoms with van der Waals surface area (Å²) in [4.78, 5) is 2.61. The minimum atomic E-state index is 0.781. The highest BCUT2D eigenvalue weighted by atomic mass is 15.1. The third-order valence-corrected chi connectivity index (χ3v) is 3.71. The molecule has 0 aliphatic rings. The molecule has 0 saturated heterocycles. The molecular formula is C18H32N2. The molecule has 0 atom stereocenters. The maximum Gasteiger partial charge on any atom is 0.0316 e. The first-order chi connectivity index (χ1) is 9.47. The molecule has 0 heterocycles. The highest BCUT2D eigenvalue weighted by molar-refractivity contribution is 5.40. The van der Waals surface area contributed by atoms with Crippen LogP contribution < -0.4 is 5.73 Å². The van der Waals surface area contributed by atoms with Crippen LogP contribution in [-0.4, -0.2) is 24.5 Å². The Morgan fingerprint density at radius 3 is 2.05 bits per heavy atom. The zero-order valence-corrected chi connectivity index (χ0v) is 13.7. The fourth-order valence-electron chi connectivity index (χ4n) is 2.25. The zero-order valence-electron chi connectivity index (χ0n) is 13.7. The van der Waals surface area contributed by atoms with Crippen LogP contribution in [-0.2, 0) is 6.42 Å². The molecule has 2 heteroatoms. The van der Waals surface area contributed by atoms with Crippen molar-refractivity contribution in [1.29, 1.82) is 0 Å². The van der Waals surface area contributed by atoms with Crippen molar-refractivity contribution in [3.63, 3.8) is 0 Å². The van der Waals surface area contributed by atoms with Crippen LogP contribution in [0.2, 0.25) is 0 Å². The monoisotopic (exact) mass is 276 g/mol. The summed E-state index contributed by atoms with van der Waals surface area (Å²) in [5, 5.41) is 0. The number of anilines is 1. The lowest BCUT2D eigenvalue weighted by atomic mass is 10.1. The Bertz CT molecular complexity index is 359. The van der Waals surface area contributed by atoms with Gasteiger partial charge in [0, 0.05) is 12.2 Å². The van der Waals surface area contributed by atoms with Gasteiger partial charge in [0.15, 0.2) is 0 Å². The molecule has 0 amide bonds. The van der Waals surface area contributed by atoms with E-state index in [2.05, 4.69) is 50.8 Å². The van der Waals surface area contributed by atoms with Gasteiger partial charge in [-0.25, -0.2) is 0 Å². The minimum Gasteiger partial charge on any atom is -0.399 e. The fraction of sp³-hybridized carbons (Fsp3) is 0.667. The van der Waals surface area contributed by atoms with Crippen molar-refractivity contribution in [1.82, 2.24) is 4.90 Å². The van der Waals surface area contributed by atoms with Gasteiger partial charge in [-0.2, -0.15) is 0 Å². The molecule has 0 radical (unpaired) electrons. The summed E-state index contributed by atoms with van der Waals surface area (Å²) in [6.45, 7) is 12.8. The van der Waals surface area contributed by atoms with Gasteiger partial charge >= 0.3 is 0 Å². The van der Waals surface area contributed by atoms with E-state index >= 15 is 0 Å². The van der Waals surface area contributed by atoms with Gasteiger partial charge in [-0.1, -0.05) is 39.8 Å². The van der Waals surface area contributed by atoms with Crippen LogP contribution in [0.1, 0.15) is 46.1 Å². The molecular weight excluding hydrogens is 244 g/mol. The lowest BCUT2D eigenvalue weighted by Gasteiger charge is -2.24. The summed E-state index contributed by atoms with van der Waals surface area (Å²) < 4.78 is 0. The van der Waals surface area contributed by atoms with Crippen LogP contribution in [0.5, 0.6) is 0 Å². The van der Waals surface area contributed by atoms with E-state index in [1.165, 1.54) is 31.5 Å². The SMILES string of the molecule is CC(C)CCN(CCc1cccc(N)c1)CCC(C)C. The summed E-state index contributed by atoms with van der Waals surface area (Å²) in [6.07, 6.45) is 3.67. The summed E-state index contributed by atoms with van der Waals surface area (Å²) in [7, 11) is 0. The summed E-state index contributed by atoms with van der Waals surface area (Å²) >= 11 is 0. The van der Waals surface area contributed by atoms with Gasteiger partial charge in [0.25, 0.3) is 0 Å². The topological polar surface area (TPSA) is 29.3 Å². The normalized spacial score (nSPS) is 11.8. The zero-order chi connectivity index (χ0) is 15.0. The molecule has 0 unspecified atom stereocenters. The third-order valence-electron chi connectivity index (χ3n) is 3.71. The van der Waals surface area contributed by atoms with E-state index in [4.69, 9.17) is 5.73 Å². The fourth-order valence-corrected chi connectivity index (χ4v) is 2.25. The second kappa shape index (κ2) is 9.02. The summed E-state index contributed by atoms with van der Waals surface area (Å²) in [5.41, 5.74) is 8.07. The number of rotatable bonds is 9. The Morgan fingerprint density at radius 2 is 1.55 bits per heavy atom. The first-order valence-corrected chi connectivity index (χ1v) is 8.04. The van der Waals surface area contributed by atoms with Crippen molar-refractivity contribution < 1.29 is 0 Å². The van der Waals surface area contributed by atoms with Crippen LogP contribution >= 0.6 is 0 Å². The Balaban J connectivity index is 2.45. The molecule has 0 fully saturated rings. The van der Waals surface area contributed by atoms with E-state index in [-0.39, 0.29) is 0 Å². The first-order valence-electron chi connectivity index (χ1n) is 8.04. The molecule has 0 aromatic heterocycles. The van der Waals surface area contributed by atoms with Crippen molar-refractivity contribution in [3.05, 3.63) is 29.8 Å². The Kier molecular flexibility index (Phi) is 7.68. The number of nitrogens with two attached hydrogens (primary N) is 1. The van der Waals surface area contributed by atoms with Crippen molar-refractivity contribution in [2.24, 2.45) is 11.8 Å². The Labute approximate surface area is 125 Å².